The predicted octanol–water partition coefficient (Wildman–Crippen LogP) is 14.5. The third-order valence-electron chi connectivity index (χ3n) is 14.0. The number of hydrogen-bond acceptors (Lipinski definition) is 3. The number of nitrogens with zero attached hydrogens (tertiary/aromatic N) is 4. The van der Waals surface area contributed by atoms with E-state index in [1.165, 1.54) is 100.0 Å². The number of allylic oxidation sites excluding steroid dienone is 4. The van der Waals surface area contributed by atoms with Crippen molar-refractivity contribution in [1.82, 2.24) is 9.47 Å². The molecule has 4 heteroatoms. The fraction of sp³-hybridized carbons (Fsp3) is 0.121. The van der Waals surface area contributed by atoms with E-state index in [4.69, 9.17) is 4.99 Å². The molecule has 1 fully saturated rings. The van der Waals surface area contributed by atoms with Crippen molar-refractivity contribution < 1.29 is 0 Å². The van der Waals surface area contributed by atoms with E-state index in [0.29, 0.717) is 0 Å². The first-order valence-electron chi connectivity index (χ1n) is 22.0. The van der Waals surface area contributed by atoms with Crippen molar-refractivity contribution in [3.63, 3.8) is 0 Å². The van der Waals surface area contributed by atoms with Gasteiger partial charge in [0.25, 0.3) is 0 Å². The minimum Gasteiger partial charge on any atom is -0.339 e. The minimum atomic E-state index is -0.221. The van der Waals surface area contributed by atoms with Crippen LogP contribution in [0.1, 0.15) is 55.0 Å². The van der Waals surface area contributed by atoms with Gasteiger partial charge in [-0.3, -0.25) is 4.99 Å². The molecule has 4 nitrogen and oxygen atoms in total. The average molecular weight is 797 g/mol. The molecule has 4 aliphatic rings. The number of benzene rings is 8. The molecule has 2 atom stereocenters. The number of aliphatic imine (C=N–C) groups is 1. The van der Waals surface area contributed by atoms with Gasteiger partial charge < -0.3 is 14.4 Å². The van der Waals surface area contributed by atoms with E-state index in [1.807, 2.05) is 0 Å². The highest BCUT2D eigenvalue weighted by atomic mass is 15.4. The van der Waals surface area contributed by atoms with Crippen molar-refractivity contribution >= 4 is 55.4 Å². The molecule has 3 aliphatic heterocycles. The van der Waals surface area contributed by atoms with E-state index in [9.17, 15) is 0 Å². The summed E-state index contributed by atoms with van der Waals surface area (Å²) in [5.41, 5.74) is 18.4. The average Bonchev–Trinajstić information content (AvgIpc) is 3.97. The summed E-state index contributed by atoms with van der Waals surface area (Å²) in [6.07, 6.45) is 6.81. The largest absolute Gasteiger partial charge is 0.339 e. The van der Waals surface area contributed by atoms with Crippen LogP contribution in [-0.4, -0.2) is 21.3 Å². The molecule has 0 bridgehead atoms. The molecule has 1 saturated heterocycles. The quantitative estimate of drug-likeness (QED) is 0.162. The Bertz CT molecular complexity index is 3400. The zero-order valence-corrected chi connectivity index (χ0v) is 34.8. The van der Waals surface area contributed by atoms with Crippen LogP contribution in [0, 0.1) is 0 Å². The zero-order valence-electron chi connectivity index (χ0n) is 34.8. The maximum atomic E-state index is 5.46. The predicted molar refractivity (Wildman–Crippen MR) is 257 cm³/mol. The Hall–Kier alpha value is -7.43. The van der Waals surface area contributed by atoms with Crippen LogP contribution in [0.2, 0.25) is 0 Å². The molecule has 1 aliphatic carbocycles. The van der Waals surface area contributed by atoms with Crippen molar-refractivity contribution in [2.24, 2.45) is 4.99 Å². The highest BCUT2D eigenvalue weighted by Gasteiger charge is 2.53. The van der Waals surface area contributed by atoms with Crippen molar-refractivity contribution in [3.05, 3.63) is 228 Å². The Balaban J connectivity index is 1.01. The monoisotopic (exact) mass is 796 g/mol. The molecule has 296 valence electrons. The Labute approximate surface area is 362 Å². The number of rotatable bonds is 5. The molecule has 62 heavy (non-hydrogen) atoms. The van der Waals surface area contributed by atoms with Gasteiger partial charge in [0.1, 0.15) is 6.17 Å². The van der Waals surface area contributed by atoms with Crippen LogP contribution in [-0.2, 0) is 5.41 Å². The number of anilines is 3. The molecule has 0 amide bonds. The Morgan fingerprint density at radius 3 is 2.23 bits per heavy atom. The molecule has 0 spiro atoms. The van der Waals surface area contributed by atoms with Gasteiger partial charge in [0.2, 0.25) is 0 Å². The van der Waals surface area contributed by atoms with Crippen molar-refractivity contribution in [2.45, 2.75) is 44.3 Å². The third-order valence-corrected chi connectivity index (χ3v) is 14.0. The minimum absolute atomic E-state index is 0.0998. The second-order valence-corrected chi connectivity index (χ2v) is 17.8. The van der Waals surface area contributed by atoms with Gasteiger partial charge in [-0.2, -0.15) is 0 Å². The van der Waals surface area contributed by atoms with Gasteiger partial charge in [0.15, 0.2) is 0 Å². The summed E-state index contributed by atoms with van der Waals surface area (Å²) in [6.45, 7) is 4.76. The van der Waals surface area contributed by atoms with Crippen LogP contribution in [0.15, 0.2) is 210 Å². The van der Waals surface area contributed by atoms with Crippen LogP contribution in [0.25, 0.3) is 49.4 Å². The molecule has 0 saturated carbocycles. The van der Waals surface area contributed by atoms with Gasteiger partial charge in [-0.1, -0.05) is 159 Å². The maximum absolute atomic E-state index is 5.46. The SMILES string of the molecule is CC1(C)c2ccccc2N(c2ccccc2)c2ccc(-c3cccc4c5c6ccccc6ccc5n(-c5cccc(C6C7N=C(c8ccccc8)C8=C(CCC=C8)N76)c5)c34)cc21. The lowest BCUT2D eigenvalue weighted by Gasteiger charge is -2.42. The summed E-state index contributed by atoms with van der Waals surface area (Å²) in [7, 11) is 0. The standard InChI is InChI=1S/C58H44N4/c1-58(2)47-28-12-14-30-50(47)60(41-21-7-4-8-22-41)51-33-32-39(36-48(51)58)44-26-16-27-46-53-43-24-10-9-17-37(43)31-34-52(53)61(56(44)46)42-23-15-20-40(35-42)55-57-59-54(38-18-5-3-6-19-38)45-25-11-13-29-49(45)62(55)57/h3-12,14-28,30-36,55,57H,13,29H2,1-2H3. The molecule has 9 aromatic rings. The first-order chi connectivity index (χ1) is 30.5. The van der Waals surface area contributed by atoms with Gasteiger partial charge in [-0.25, -0.2) is 0 Å². The van der Waals surface area contributed by atoms with Crippen LogP contribution in [0.3, 0.4) is 0 Å². The van der Waals surface area contributed by atoms with E-state index < -0.39 is 0 Å². The Kier molecular flexibility index (Phi) is 7.57. The van der Waals surface area contributed by atoms with E-state index in [2.05, 4.69) is 222 Å². The first-order valence-corrected chi connectivity index (χ1v) is 22.0. The van der Waals surface area contributed by atoms with Crippen LogP contribution < -0.4 is 4.90 Å². The maximum Gasteiger partial charge on any atom is 0.147 e. The summed E-state index contributed by atoms with van der Waals surface area (Å²) in [4.78, 5) is 10.5. The summed E-state index contributed by atoms with van der Waals surface area (Å²) in [5.74, 6) is 0. The lowest BCUT2D eigenvalue weighted by atomic mass is 9.73. The summed E-state index contributed by atoms with van der Waals surface area (Å²) < 4.78 is 2.54. The summed E-state index contributed by atoms with van der Waals surface area (Å²) in [5, 5.41) is 5.08. The lowest BCUT2D eigenvalue weighted by Crippen LogP contribution is -2.30. The normalized spacial score (nSPS) is 18.4. The summed E-state index contributed by atoms with van der Waals surface area (Å²) >= 11 is 0. The molecule has 8 aromatic carbocycles. The lowest BCUT2D eigenvalue weighted by molar-refractivity contribution is 0.552. The highest BCUT2D eigenvalue weighted by molar-refractivity contribution is 6.23. The zero-order chi connectivity index (χ0) is 41.1. The smallest absolute Gasteiger partial charge is 0.147 e. The van der Waals surface area contributed by atoms with Crippen molar-refractivity contribution in [2.75, 3.05) is 4.90 Å². The van der Waals surface area contributed by atoms with E-state index in [-0.39, 0.29) is 17.6 Å². The van der Waals surface area contributed by atoms with E-state index in [1.54, 1.807) is 0 Å². The second-order valence-electron chi connectivity index (χ2n) is 17.8. The molecule has 0 N–H and O–H groups in total. The van der Waals surface area contributed by atoms with Gasteiger partial charge >= 0.3 is 0 Å². The van der Waals surface area contributed by atoms with Gasteiger partial charge in [0.05, 0.1) is 34.2 Å². The number of aromatic nitrogens is 1. The summed E-state index contributed by atoms with van der Waals surface area (Å²) in [6, 6.07) is 67.5. The topological polar surface area (TPSA) is 23.5 Å². The molecule has 1 aromatic heterocycles. The first kappa shape index (κ1) is 35.3. The molecular weight excluding hydrogens is 753 g/mol. The van der Waals surface area contributed by atoms with Crippen molar-refractivity contribution in [3.8, 4) is 16.8 Å². The molecule has 2 unspecified atom stereocenters. The molecule has 13 rings (SSSR count). The molecular formula is C58H44N4. The Morgan fingerprint density at radius 2 is 1.34 bits per heavy atom. The number of fused-ring (bicyclic) bond motifs is 9. The fourth-order valence-electron chi connectivity index (χ4n) is 11.1. The Morgan fingerprint density at radius 1 is 0.597 bits per heavy atom. The number of hydrogen-bond donors (Lipinski definition) is 0. The van der Waals surface area contributed by atoms with Crippen LogP contribution >= 0.6 is 0 Å². The van der Waals surface area contributed by atoms with Crippen LogP contribution in [0.4, 0.5) is 17.1 Å². The highest BCUT2D eigenvalue weighted by Crippen LogP contribution is 2.55. The van der Waals surface area contributed by atoms with Crippen molar-refractivity contribution in [1.29, 1.82) is 0 Å². The molecule has 0 radical (unpaired) electrons. The van der Waals surface area contributed by atoms with Crippen LogP contribution in [0.5, 0.6) is 0 Å². The number of para-hydroxylation sites is 3. The third kappa shape index (κ3) is 5.10. The molecule has 4 heterocycles. The van der Waals surface area contributed by atoms with Gasteiger partial charge in [-0.05, 0) is 94.4 Å². The van der Waals surface area contributed by atoms with E-state index >= 15 is 0 Å². The van der Waals surface area contributed by atoms with Gasteiger partial charge in [0, 0.05) is 50.0 Å². The fourth-order valence-corrected chi connectivity index (χ4v) is 11.1. The second kappa shape index (κ2) is 13.3. The van der Waals surface area contributed by atoms with E-state index in [0.717, 1.165) is 18.6 Å². The van der Waals surface area contributed by atoms with Gasteiger partial charge in [-0.15, -0.1) is 0 Å².